The Morgan fingerprint density at radius 1 is 1.09 bits per heavy atom. The molecule has 5 nitrogen and oxygen atoms in total. The second-order valence-corrected chi connectivity index (χ2v) is 7.86. The van der Waals surface area contributed by atoms with E-state index in [1.165, 1.54) is 0 Å². The Kier molecular flexibility index (Phi) is 8.03. The maximum Gasteiger partial charge on any atom is 0.308 e. The van der Waals surface area contributed by atoms with E-state index in [-0.39, 0.29) is 17.7 Å². The van der Waals surface area contributed by atoms with Crippen molar-refractivity contribution in [3.63, 3.8) is 0 Å². The first kappa shape index (κ1) is 19.9. The van der Waals surface area contributed by atoms with Crippen LogP contribution in [0.5, 0.6) is 0 Å². The second kappa shape index (κ2) is 9.26. The van der Waals surface area contributed by atoms with Gasteiger partial charge in [-0.25, -0.2) is 0 Å². The van der Waals surface area contributed by atoms with E-state index in [1.54, 1.807) is 0 Å². The summed E-state index contributed by atoms with van der Waals surface area (Å²) in [6.45, 7) is 13.8. The number of hydrogen-bond donors (Lipinski definition) is 1. The summed E-state index contributed by atoms with van der Waals surface area (Å²) >= 11 is 0. The highest BCUT2D eigenvalue weighted by molar-refractivity contribution is 5.78. The Balaban J connectivity index is 2.56. The topological polar surface area (TPSA) is 60.9 Å². The van der Waals surface area contributed by atoms with Gasteiger partial charge in [-0.1, -0.05) is 34.6 Å². The van der Waals surface area contributed by atoms with Gasteiger partial charge < -0.3 is 10.0 Å². The number of hydrogen-bond acceptors (Lipinski definition) is 3. The van der Waals surface area contributed by atoms with Crippen LogP contribution in [0.2, 0.25) is 0 Å². The van der Waals surface area contributed by atoms with Crippen LogP contribution in [0.3, 0.4) is 0 Å². The van der Waals surface area contributed by atoms with Gasteiger partial charge in [0.2, 0.25) is 5.91 Å². The molecule has 0 aromatic rings. The molecule has 0 aliphatic carbocycles. The third-order valence-electron chi connectivity index (χ3n) is 4.67. The highest BCUT2D eigenvalue weighted by Crippen LogP contribution is 2.23. The first-order chi connectivity index (χ1) is 10.7. The van der Waals surface area contributed by atoms with Gasteiger partial charge >= 0.3 is 5.97 Å². The molecule has 1 N–H and O–H groups in total. The van der Waals surface area contributed by atoms with Crippen LogP contribution in [-0.4, -0.2) is 59.5 Å². The molecule has 0 aromatic heterocycles. The fourth-order valence-electron chi connectivity index (χ4n) is 3.00. The number of carbonyl (C=O) groups is 2. The van der Waals surface area contributed by atoms with Crippen molar-refractivity contribution in [3.05, 3.63) is 0 Å². The fraction of sp³-hybridized carbons (Fsp3) is 0.889. The fourth-order valence-corrected chi connectivity index (χ4v) is 3.00. The van der Waals surface area contributed by atoms with Crippen LogP contribution in [0.4, 0.5) is 0 Å². The van der Waals surface area contributed by atoms with Gasteiger partial charge in [-0.05, 0) is 30.6 Å². The minimum Gasteiger partial charge on any atom is -0.481 e. The molecular weight excluding hydrogens is 292 g/mol. The lowest BCUT2D eigenvalue weighted by atomic mass is 9.99. The molecule has 134 valence electrons. The molecule has 0 unspecified atom stereocenters. The summed E-state index contributed by atoms with van der Waals surface area (Å²) in [4.78, 5) is 27.8. The van der Waals surface area contributed by atoms with Crippen molar-refractivity contribution in [3.8, 4) is 0 Å². The molecule has 1 amide bonds. The maximum atomic E-state index is 12.6. The number of likely N-dealkylation sites (tertiary alicyclic amines) is 1. The van der Waals surface area contributed by atoms with Crippen molar-refractivity contribution in [1.82, 2.24) is 9.80 Å². The van der Waals surface area contributed by atoms with E-state index >= 15 is 0 Å². The van der Waals surface area contributed by atoms with Crippen molar-refractivity contribution in [2.45, 2.75) is 47.5 Å². The SMILES string of the molecule is CC(C)CCN(CCC(C)C)C(=O)CN1C[C@@H](C)[C@H](C(=O)O)C1. The number of rotatable bonds is 9. The molecule has 5 heteroatoms. The standard InChI is InChI=1S/C18H34N2O3/c1-13(2)6-8-20(9-7-14(3)4)17(21)12-19-10-15(5)16(11-19)18(22)23/h13-16H,6-12H2,1-5H3,(H,22,23)/t15-,16-/m1/s1. The number of carboxylic acid groups (broad SMARTS) is 1. The molecule has 1 heterocycles. The lowest BCUT2D eigenvalue weighted by Crippen LogP contribution is -2.41. The van der Waals surface area contributed by atoms with E-state index in [0.29, 0.717) is 31.5 Å². The van der Waals surface area contributed by atoms with Gasteiger partial charge in [0.1, 0.15) is 0 Å². The predicted octanol–water partition coefficient (Wildman–Crippen LogP) is 2.56. The Bertz CT molecular complexity index is 384. The molecule has 1 rings (SSSR count). The van der Waals surface area contributed by atoms with Crippen molar-refractivity contribution in [2.24, 2.45) is 23.7 Å². The van der Waals surface area contributed by atoms with Crippen LogP contribution in [0.15, 0.2) is 0 Å². The normalized spacial score (nSPS) is 22.0. The van der Waals surface area contributed by atoms with Crippen molar-refractivity contribution >= 4 is 11.9 Å². The van der Waals surface area contributed by atoms with E-state index in [2.05, 4.69) is 27.7 Å². The van der Waals surface area contributed by atoms with Gasteiger partial charge in [0.25, 0.3) is 0 Å². The highest BCUT2D eigenvalue weighted by Gasteiger charge is 2.35. The molecule has 0 saturated carbocycles. The minimum absolute atomic E-state index is 0.111. The largest absolute Gasteiger partial charge is 0.481 e. The first-order valence-corrected chi connectivity index (χ1v) is 8.93. The van der Waals surface area contributed by atoms with Crippen LogP contribution >= 0.6 is 0 Å². The van der Waals surface area contributed by atoms with Crippen LogP contribution in [0.25, 0.3) is 0 Å². The zero-order valence-corrected chi connectivity index (χ0v) is 15.4. The number of carbonyl (C=O) groups excluding carboxylic acids is 1. The molecule has 2 atom stereocenters. The highest BCUT2D eigenvalue weighted by atomic mass is 16.4. The molecular formula is C18H34N2O3. The molecule has 1 aliphatic heterocycles. The summed E-state index contributed by atoms with van der Waals surface area (Å²) in [5.41, 5.74) is 0. The zero-order chi connectivity index (χ0) is 17.6. The van der Waals surface area contributed by atoms with Crippen molar-refractivity contribution in [1.29, 1.82) is 0 Å². The second-order valence-electron chi connectivity index (χ2n) is 7.86. The van der Waals surface area contributed by atoms with Gasteiger partial charge in [0.15, 0.2) is 0 Å². The van der Waals surface area contributed by atoms with Gasteiger partial charge in [-0.15, -0.1) is 0 Å². The predicted molar refractivity (Wildman–Crippen MR) is 92.2 cm³/mol. The third-order valence-corrected chi connectivity index (χ3v) is 4.67. The summed E-state index contributed by atoms with van der Waals surface area (Å²) in [6, 6.07) is 0. The number of amides is 1. The molecule has 0 radical (unpaired) electrons. The van der Waals surface area contributed by atoms with Crippen molar-refractivity contribution < 1.29 is 14.7 Å². The number of nitrogens with zero attached hydrogens (tertiary/aromatic N) is 2. The average molecular weight is 326 g/mol. The van der Waals surface area contributed by atoms with Gasteiger partial charge in [0.05, 0.1) is 12.5 Å². The van der Waals surface area contributed by atoms with Crippen LogP contribution in [-0.2, 0) is 9.59 Å². The third kappa shape index (κ3) is 6.90. The van der Waals surface area contributed by atoms with Gasteiger partial charge in [-0.2, -0.15) is 0 Å². The average Bonchev–Trinajstić information content (AvgIpc) is 2.78. The van der Waals surface area contributed by atoms with E-state index in [4.69, 9.17) is 0 Å². The summed E-state index contributed by atoms with van der Waals surface area (Å²) in [5.74, 6) is 0.316. The van der Waals surface area contributed by atoms with Crippen LogP contribution < -0.4 is 0 Å². The lowest BCUT2D eigenvalue weighted by Gasteiger charge is -2.27. The number of carboxylic acids is 1. The molecule has 0 bridgehead atoms. The van der Waals surface area contributed by atoms with Crippen LogP contribution in [0.1, 0.15) is 47.5 Å². The van der Waals surface area contributed by atoms with E-state index in [9.17, 15) is 14.7 Å². The van der Waals surface area contributed by atoms with Gasteiger partial charge in [0, 0.05) is 26.2 Å². The summed E-state index contributed by atoms with van der Waals surface area (Å²) in [5, 5.41) is 9.21. The minimum atomic E-state index is -0.746. The Morgan fingerprint density at radius 3 is 2.00 bits per heavy atom. The monoisotopic (exact) mass is 326 g/mol. The Morgan fingerprint density at radius 2 is 1.61 bits per heavy atom. The van der Waals surface area contributed by atoms with Gasteiger partial charge in [-0.3, -0.25) is 14.5 Å². The molecule has 0 spiro atoms. The summed E-state index contributed by atoms with van der Waals surface area (Å²) in [6.07, 6.45) is 2.02. The molecule has 0 aromatic carbocycles. The number of aliphatic carboxylic acids is 1. The van der Waals surface area contributed by atoms with E-state index in [0.717, 1.165) is 25.9 Å². The van der Waals surface area contributed by atoms with Crippen LogP contribution in [0, 0.1) is 23.7 Å². The summed E-state index contributed by atoms with van der Waals surface area (Å²) < 4.78 is 0. The Labute approximate surface area is 141 Å². The summed E-state index contributed by atoms with van der Waals surface area (Å²) in [7, 11) is 0. The molecule has 23 heavy (non-hydrogen) atoms. The zero-order valence-electron chi connectivity index (χ0n) is 15.4. The molecule has 1 saturated heterocycles. The lowest BCUT2D eigenvalue weighted by molar-refractivity contribution is -0.142. The quantitative estimate of drug-likeness (QED) is 0.707. The molecule has 1 aliphatic rings. The molecule has 1 fully saturated rings. The van der Waals surface area contributed by atoms with E-state index < -0.39 is 5.97 Å². The van der Waals surface area contributed by atoms with E-state index in [1.807, 2.05) is 16.7 Å². The maximum absolute atomic E-state index is 12.6. The smallest absolute Gasteiger partial charge is 0.308 e. The first-order valence-electron chi connectivity index (χ1n) is 8.93. The Hall–Kier alpha value is -1.10. The van der Waals surface area contributed by atoms with Crippen molar-refractivity contribution in [2.75, 3.05) is 32.7 Å².